The van der Waals surface area contributed by atoms with Gasteiger partial charge in [0.05, 0.1) is 18.8 Å². The maximum Gasteiger partial charge on any atom is 0.0889 e. The van der Waals surface area contributed by atoms with Gasteiger partial charge in [-0.05, 0) is 19.8 Å². The number of rotatable bonds is 6. The maximum atomic E-state index is 5.23. The molecule has 0 aliphatic carbocycles. The van der Waals surface area contributed by atoms with Gasteiger partial charge < -0.3 is 9.47 Å². The summed E-state index contributed by atoms with van der Waals surface area (Å²) in [6.07, 6.45) is 3.98. The molecule has 11 heavy (non-hydrogen) atoms. The van der Waals surface area contributed by atoms with Crippen molar-refractivity contribution in [1.29, 1.82) is 0 Å². The van der Waals surface area contributed by atoms with Gasteiger partial charge in [0.1, 0.15) is 0 Å². The predicted octanol–water partition coefficient (Wildman–Crippen LogP) is 1.76. The van der Waals surface area contributed by atoms with Crippen LogP contribution in [-0.2, 0) is 9.47 Å². The van der Waals surface area contributed by atoms with E-state index in [9.17, 15) is 0 Å². The first-order chi connectivity index (χ1) is 5.27. The van der Waals surface area contributed by atoms with Crippen molar-refractivity contribution in [2.75, 3.05) is 19.8 Å². The lowest BCUT2D eigenvalue weighted by Gasteiger charge is -2.03. The van der Waals surface area contributed by atoms with Crippen LogP contribution in [0.1, 0.15) is 19.8 Å². The fraction of sp³-hybridized carbons (Fsp3) is 0.778. The minimum atomic E-state index is 0.192. The molecule has 0 amide bonds. The van der Waals surface area contributed by atoms with Crippen LogP contribution in [0.3, 0.4) is 0 Å². The summed E-state index contributed by atoms with van der Waals surface area (Å²) >= 11 is 0. The second kappa shape index (κ2) is 3.88. The molecule has 1 aliphatic heterocycles. The Morgan fingerprint density at radius 1 is 1.73 bits per heavy atom. The minimum Gasteiger partial charge on any atom is -0.377 e. The Morgan fingerprint density at radius 3 is 3.00 bits per heavy atom. The summed E-state index contributed by atoms with van der Waals surface area (Å²) in [5, 5.41) is 0. The van der Waals surface area contributed by atoms with E-state index < -0.39 is 0 Å². The summed E-state index contributed by atoms with van der Waals surface area (Å²) in [5.41, 5.74) is 0.192. The third-order valence-corrected chi connectivity index (χ3v) is 1.87. The van der Waals surface area contributed by atoms with Crippen LogP contribution in [0, 0.1) is 0 Å². The van der Waals surface area contributed by atoms with E-state index in [1.165, 1.54) is 0 Å². The van der Waals surface area contributed by atoms with Crippen molar-refractivity contribution in [1.82, 2.24) is 0 Å². The molecule has 0 aromatic carbocycles. The van der Waals surface area contributed by atoms with Crippen LogP contribution < -0.4 is 0 Å². The average molecular weight is 156 g/mol. The smallest absolute Gasteiger partial charge is 0.0889 e. The van der Waals surface area contributed by atoms with E-state index >= 15 is 0 Å². The second-order valence-electron chi connectivity index (χ2n) is 3.21. The number of epoxide rings is 1. The Kier molecular flexibility index (Phi) is 3.09. The van der Waals surface area contributed by atoms with Crippen LogP contribution in [-0.4, -0.2) is 25.4 Å². The van der Waals surface area contributed by atoms with E-state index in [-0.39, 0.29) is 5.60 Å². The van der Waals surface area contributed by atoms with Crippen LogP contribution in [0.15, 0.2) is 12.7 Å². The molecule has 2 nitrogen and oxygen atoms in total. The van der Waals surface area contributed by atoms with Crippen molar-refractivity contribution < 1.29 is 9.47 Å². The monoisotopic (exact) mass is 156 g/mol. The molecule has 64 valence electrons. The van der Waals surface area contributed by atoms with Crippen LogP contribution in [0.25, 0.3) is 0 Å². The normalized spacial score (nSPS) is 28.5. The van der Waals surface area contributed by atoms with Gasteiger partial charge in [-0.2, -0.15) is 0 Å². The highest BCUT2D eigenvalue weighted by molar-refractivity contribution is 4.86. The lowest BCUT2D eigenvalue weighted by molar-refractivity contribution is 0.150. The fourth-order valence-electron chi connectivity index (χ4n) is 0.982. The Hall–Kier alpha value is -0.340. The quantitative estimate of drug-likeness (QED) is 0.332. The van der Waals surface area contributed by atoms with Crippen LogP contribution in [0.4, 0.5) is 0 Å². The van der Waals surface area contributed by atoms with Gasteiger partial charge in [0.25, 0.3) is 0 Å². The zero-order valence-corrected chi connectivity index (χ0v) is 7.14. The zero-order valence-electron chi connectivity index (χ0n) is 7.14. The molecule has 1 rings (SSSR count). The van der Waals surface area contributed by atoms with Gasteiger partial charge in [0.15, 0.2) is 0 Å². The number of hydrogen-bond acceptors (Lipinski definition) is 2. The molecule has 0 saturated carbocycles. The highest BCUT2D eigenvalue weighted by atomic mass is 16.6. The molecule has 1 atom stereocenters. The molecule has 0 aromatic rings. The van der Waals surface area contributed by atoms with Gasteiger partial charge in [-0.1, -0.05) is 6.08 Å². The Bertz CT molecular complexity index is 128. The molecule has 1 saturated heterocycles. The summed E-state index contributed by atoms with van der Waals surface area (Å²) in [6.45, 7) is 8.12. The molecule has 0 N–H and O–H groups in total. The summed E-state index contributed by atoms with van der Waals surface area (Å²) in [4.78, 5) is 0. The summed E-state index contributed by atoms with van der Waals surface area (Å²) in [6, 6.07) is 0. The summed E-state index contributed by atoms with van der Waals surface area (Å²) in [7, 11) is 0. The third kappa shape index (κ3) is 3.54. The van der Waals surface area contributed by atoms with E-state index in [0.717, 1.165) is 26.1 Å². The summed E-state index contributed by atoms with van der Waals surface area (Å²) in [5.74, 6) is 0. The first kappa shape index (κ1) is 8.75. The van der Waals surface area contributed by atoms with Gasteiger partial charge in [0.2, 0.25) is 0 Å². The Balaban J connectivity index is 1.84. The standard InChI is InChI=1S/C9H16O2/c1-3-6-10-7-4-5-9(2)8-11-9/h3H,1,4-8H2,2H3. The molecular weight excluding hydrogens is 140 g/mol. The van der Waals surface area contributed by atoms with Crippen molar-refractivity contribution in [3.8, 4) is 0 Å². The molecule has 1 fully saturated rings. The van der Waals surface area contributed by atoms with Gasteiger partial charge >= 0.3 is 0 Å². The molecule has 0 spiro atoms. The molecule has 0 radical (unpaired) electrons. The van der Waals surface area contributed by atoms with Crippen molar-refractivity contribution in [3.05, 3.63) is 12.7 Å². The molecule has 1 unspecified atom stereocenters. The first-order valence-corrected chi connectivity index (χ1v) is 4.09. The lowest BCUT2D eigenvalue weighted by Crippen LogP contribution is -2.06. The SMILES string of the molecule is C=CCOCCCC1(C)CO1. The summed E-state index contributed by atoms with van der Waals surface area (Å²) < 4.78 is 10.5. The second-order valence-corrected chi connectivity index (χ2v) is 3.21. The topological polar surface area (TPSA) is 21.8 Å². The van der Waals surface area contributed by atoms with Crippen LogP contribution in [0.2, 0.25) is 0 Å². The van der Waals surface area contributed by atoms with Crippen molar-refractivity contribution in [2.24, 2.45) is 0 Å². The molecule has 0 aromatic heterocycles. The van der Waals surface area contributed by atoms with Crippen molar-refractivity contribution >= 4 is 0 Å². The highest BCUT2D eigenvalue weighted by Gasteiger charge is 2.37. The first-order valence-electron chi connectivity index (χ1n) is 4.09. The highest BCUT2D eigenvalue weighted by Crippen LogP contribution is 2.30. The van der Waals surface area contributed by atoms with E-state index in [2.05, 4.69) is 13.5 Å². The van der Waals surface area contributed by atoms with Gasteiger partial charge in [-0.3, -0.25) is 0 Å². The minimum absolute atomic E-state index is 0.192. The Morgan fingerprint density at radius 2 is 2.45 bits per heavy atom. The third-order valence-electron chi connectivity index (χ3n) is 1.87. The molecule has 1 aliphatic rings. The molecular formula is C9H16O2. The van der Waals surface area contributed by atoms with Crippen molar-refractivity contribution in [2.45, 2.75) is 25.4 Å². The van der Waals surface area contributed by atoms with Gasteiger partial charge in [0, 0.05) is 6.61 Å². The largest absolute Gasteiger partial charge is 0.377 e. The fourth-order valence-corrected chi connectivity index (χ4v) is 0.982. The number of ether oxygens (including phenoxy) is 2. The predicted molar refractivity (Wildman–Crippen MR) is 44.6 cm³/mol. The van der Waals surface area contributed by atoms with E-state index in [4.69, 9.17) is 9.47 Å². The Labute approximate surface area is 68.2 Å². The average Bonchev–Trinajstić information content (AvgIpc) is 2.69. The zero-order chi connectivity index (χ0) is 8.16. The molecule has 2 heteroatoms. The van der Waals surface area contributed by atoms with Gasteiger partial charge in [-0.25, -0.2) is 0 Å². The maximum absolute atomic E-state index is 5.23. The van der Waals surface area contributed by atoms with Gasteiger partial charge in [-0.15, -0.1) is 6.58 Å². The van der Waals surface area contributed by atoms with E-state index in [1.807, 2.05) is 0 Å². The van der Waals surface area contributed by atoms with Crippen LogP contribution >= 0.6 is 0 Å². The van der Waals surface area contributed by atoms with Crippen molar-refractivity contribution in [3.63, 3.8) is 0 Å². The lowest BCUT2D eigenvalue weighted by atomic mass is 10.1. The molecule has 1 heterocycles. The van der Waals surface area contributed by atoms with E-state index in [0.29, 0.717) is 6.61 Å². The van der Waals surface area contributed by atoms with Crippen LogP contribution in [0.5, 0.6) is 0 Å². The number of hydrogen-bond donors (Lipinski definition) is 0. The molecule has 0 bridgehead atoms. The van der Waals surface area contributed by atoms with E-state index in [1.54, 1.807) is 6.08 Å².